The molecule has 0 aromatic heterocycles. The van der Waals surface area contributed by atoms with Gasteiger partial charge in [-0.05, 0) is 67.4 Å². The van der Waals surface area contributed by atoms with Crippen molar-refractivity contribution in [2.45, 2.75) is 98.5 Å². The fourth-order valence-electron chi connectivity index (χ4n) is 5.06. The number of halogens is 1. The molecular formula is C18H29IO4Si. The summed E-state index contributed by atoms with van der Waals surface area (Å²) in [5.74, 6) is 0.266. The summed E-state index contributed by atoms with van der Waals surface area (Å²) in [6.45, 7) is 15.6. The van der Waals surface area contributed by atoms with Crippen LogP contribution in [0.3, 0.4) is 0 Å². The largest absolute Gasteiger partial charge is 0.411 e. The lowest BCUT2D eigenvalue weighted by molar-refractivity contribution is -0.179. The third kappa shape index (κ3) is 1.87. The van der Waals surface area contributed by atoms with Gasteiger partial charge in [-0.25, -0.2) is 0 Å². The number of rotatable bonds is 2. The molecule has 136 valence electrons. The molecule has 1 spiro atoms. The Kier molecular flexibility index (Phi) is 3.34. The van der Waals surface area contributed by atoms with E-state index in [0.29, 0.717) is 6.42 Å². The lowest BCUT2D eigenvalue weighted by atomic mass is 9.74. The quantitative estimate of drug-likeness (QED) is 0.266. The van der Waals surface area contributed by atoms with Crippen molar-refractivity contribution in [3.63, 3.8) is 0 Å². The molecule has 6 heteroatoms. The van der Waals surface area contributed by atoms with Gasteiger partial charge in [-0.15, -0.1) is 0 Å². The van der Waals surface area contributed by atoms with Crippen molar-refractivity contribution >= 4 is 36.7 Å². The zero-order chi connectivity index (χ0) is 18.0. The standard InChI is InChI=1S/C18H29IO4Si/c1-14(2,3)24(6,7)21-12-10-17(19)13(20)18-11(16(12,5)23-17)8-9-15(18,4)22-18/h11-12H,8-10H2,1-7H3/t11-,12+,15-,16-,17-,18-/m0/s1. The maximum absolute atomic E-state index is 13.3. The number of carbonyl (C=O) groups is 1. The second kappa shape index (κ2) is 4.48. The fraction of sp³-hybridized carbons (Fsp3) is 0.944. The number of ether oxygens (including phenoxy) is 2. The van der Waals surface area contributed by atoms with Crippen LogP contribution in [-0.4, -0.2) is 40.6 Å². The molecule has 1 saturated carbocycles. The Morgan fingerprint density at radius 3 is 2.42 bits per heavy atom. The number of carbonyl (C=O) groups excluding carboxylic acids is 1. The first kappa shape index (κ1) is 17.9. The second-order valence-electron chi connectivity index (χ2n) is 10.1. The molecule has 4 rings (SSSR count). The van der Waals surface area contributed by atoms with Gasteiger partial charge in [-0.3, -0.25) is 4.79 Å². The summed E-state index contributed by atoms with van der Waals surface area (Å²) < 4.78 is 18.6. The fourth-order valence-corrected chi connectivity index (χ4v) is 7.72. The highest BCUT2D eigenvalue weighted by atomic mass is 127. The van der Waals surface area contributed by atoms with Crippen LogP contribution >= 0.6 is 22.6 Å². The highest BCUT2D eigenvalue weighted by Gasteiger charge is 2.88. The minimum atomic E-state index is -1.94. The van der Waals surface area contributed by atoms with Crippen molar-refractivity contribution in [1.82, 2.24) is 0 Å². The summed E-state index contributed by atoms with van der Waals surface area (Å²) in [6.07, 6.45) is 2.55. The lowest BCUT2D eigenvalue weighted by Crippen LogP contribution is -2.61. The summed E-state index contributed by atoms with van der Waals surface area (Å²) in [5, 5.41) is 0.139. The van der Waals surface area contributed by atoms with E-state index < -0.39 is 23.1 Å². The third-order valence-corrected chi connectivity index (χ3v) is 13.2. The van der Waals surface area contributed by atoms with Crippen LogP contribution in [0.2, 0.25) is 18.1 Å². The number of alkyl halides is 1. The van der Waals surface area contributed by atoms with Crippen molar-refractivity contribution < 1.29 is 18.7 Å². The van der Waals surface area contributed by atoms with Gasteiger partial charge in [0.1, 0.15) is 5.60 Å². The number of hydrogen-bond acceptors (Lipinski definition) is 4. The molecule has 0 radical (unpaired) electrons. The second-order valence-corrected chi connectivity index (χ2v) is 16.6. The molecule has 3 heterocycles. The predicted molar refractivity (Wildman–Crippen MR) is 103 cm³/mol. The SMILES string of the molecule is CC(C)(C)[Si](C)(C)O[C@@H]1C[C@]2(I)O[C@@]1(C)[C@@H]1CC[C@]3(C)O[C@]13C2=O. The minimum absolute atomic E-state index is 0.0323. The number of hydrogen-bond donors (Lipinski definition) is 0. The summed E-state index contributed by atoms with van der Waals surface area (Å²) in [6, 6.07) is 0. The van der Waals surface area contributed by atoms with Gasteiger partial charge in [-0.1, -0.05) is 20.8 Å². The van der Waals surface area contributed by atoms with Crippen molar-refractivity contribution in [3.8, 4) is 0 Å². The van der Waals surface area contributed by atoms with Crippen LogP contribution in [-0.2, 0) is 18.7 Å². The van der Waals surface area contributed by atoms with E-state index in [0.717, 1.165) is 12.8 Å². The first-order valence-electron chi connectivity index (χ1n) is 9.04. The van der Waals surface area contributed by atoms with Gasteiger partial charge < -0.3 is 13.9 Å². The Bertz CT molecular complexity index is 631. The van der Waals surface area contributed by atoms with E-state index in [4.69, 9.17) is 13.9 Å². The van der Waals surface area contributed by atoms with Crippen LogP contribution in [0.5, 0.6) is 0 Å². The number of ketones is 1. The van der Waals surface area contributed by atoms with E-state index in [2.05, 4.69) is 70.3 Å². The van der Waals surface area contributed by atoms with Crippen LogP contribution in [0.4, 0.5) is 0 Å². The molecule has 4 nitrogen and oxygen atoms in total. The topological polar surface area (TPSA) is 48.1 Å². The molecule has 1 aliphatic carbocycles. The highest BCUT2D eigenvalue weighted by molar-refractivity contribution is 14.1. The molecule has 3 aliphatic heterocycles. The molecule has 24 heavy (non-hydrogen) atoms. The van der Waals surface area contributed by atoms with Crippen LogP contribution in [0.1, 0.15) is 53.9 Å². The Hall–Kier alpha value is 0.497. The van der Waals surface area contributed by atoms with Crippen molar-refractivity contribution in [3.05, 3.63) is 0 Å². The van der Waals surface area contributed by atoms with Gasteiger partial charge in [0.25, 0.3) is 0 Å². The molecule has 0 aromatic carbocycles. The minimum Gasteiger partial charge on any atom is -0.411 e. The van der Waals surface area contributed by atoms with Gasteiger partial charge in [0.2, 0.25) is 5.78 Å². The van der Waals surface area contributed by atoms with Gasteiger partial charge in [0, 0.05) is 12.3 Å². The van der Waals surface area contributed by atoms with E-state index in [9.17, 15) is 4.79 Å². The monoisotopic (exact) mass is 464 g/mol. The van der Waals surface area contributed by atoms with Crippen LogP contribution < -0.4 is 0 Å². The van der Waals surface area contributed by atoms with Gasteiger partial charge >= 0.3 is 0 Å². The Labute approximate surface area is 159 Å². The van der Waals surface area contributed by atoms with E-state index >= 15 is 0 Å². The van der Waals surface area contributed by atoms with E-state index in [1.54, 1.807) is 0 Å². The van der Waals surface area contributed by atoms with E-state index in [1.165, 1.54) is 0 Å². The van der Waals surface area contributed by atoms with Crippen LogP contribution in [0.15, 0.2) is 0 Å². The zero-order valence-corrected chi connectivity index (χ0v) is 18.9. The normalized spacial score (nSPS) is 53.1. The van der Waals surface area contributed by atoms with Crippen molar-refractivity contribution in [2.75, 3.05) is 0 Å². The smallest absolute Gasteiger partial charge is 0.209 e. The van der Waals surface area contributed by atoms with Gasteiger partial charge in [0.15, 0.2) is 17.5 Å². The Balaban J connectivity index is 1.73. The first-order valence-corrected chi connectivity index (χ1v) is 13.0. The average molecular weight is 464 g/mol. The van der Waals surface area contributed by atoms with E-state index in [1.807, 2.05) is 0 Å². The summed E-state index contributed by atoms with van der Waals surface area (Å²) >= 11 is 2.22. The Morgan fingerprint density at radius 1 is 1.25 bits per heavy atom. The molecular weight excluding hydrogens is 435 g/mol. The predicted octanol–water partition coefficient (Wildman–Crippen LogP) is 4.21. The average Bonchev–Trinajstić information content (AvgIpc) is 2.77. The van der Waals surface area contributed by atoms with Gasteiger partial charge in [-0.2, -0.15) is 0 Å². The van der Waals surface area contributed by atoms with Crippen molar-refractivity contribution in [1.29, 1.82) is 0 Å². The number of fused-ring (bicyclic) bond motifs is 3. The molecule has 0 unspecified atom stereocenters. The molecule has 3 saturated heterocycles. The molecule has 0 N–H and O–H groups in total. The van der Waals surface area contributed by atoms with Gasteiger partial charge in [0.05, 0.1) is 11.7 Å². The van der Waals surface area contributed by atoms with Crippen molar-refractivity contribution in [2.24, 2.45) is 5.92 Å². The molecule has 0 amide bonds. The maximum Gasteiger partial charge on any atom is 0.209 e. The molecule has 6 atom stereocenters. The molecule has 4 aliphatic rings. The number of epoxide rings is 1. The van der Waals surface area contributed by atoms with E-state index in [-0.39, 0.29) is 28.4 Å². The van der Waals surface area contributed by atoms with Crippen LogP contribution in [0, 0.1) is 5.92 Å². The zero-order valence-electron chi connectivity index (χ0n) is 15.8. The maximum atomic E-state index is 13.3. The van der Waals surface area contributed by atoms with Crippen LogP contribution in [0.25, 0.3) is 0 Å². The molecule has 2 bridgehead atoms. The third-order valence-electron chi connectivity index (χ3n) is 7.61. The molecule has 0 aromatic rings. The summed E-state index contributed by atoms with van der Waals surface area (Å²) in [5.41, 5.74) is -1.33. The summed E-state index contributed by atoms with van der Waals surface area (Å²) in [4.78, 5) is 13.3. The lowest BCUT2D eigenvalue weighted by Gasteiger charge is -2.47. The highest BCUT2D eigenvalue weighted by Crippen LogP contribution is 2.73. The number of Topliss-reactive ketones (excluding diaryl/α,β-unsaturated/α-hetero) is 1. The Morgan fingerprint density at radius 2 is 1.88 bits per heavy atom. The molecule has 4 fully saturated rings. The summed E-state index contributed by atoms with van der Waals surface area (Å²) in [7, 11) is -1.94. The first-order chi connectivity index (χ1) is 10.7.